The van der Waals surface area contributed by atoms with Crippen LogP contribution in [0.25, 0.3) is 0 Å². The van der Waals surface area contributed by atoms with E-state index >= 15 is 0 Å². The van der Waals surface area contributed by atoms with Gasteiger partial charge in [0, 0.05) is 15.2 Å². The van der Waals surface area contributed by atoms with Crippen molar-refractivity contribution >= 4 is 56.2 Å². The number of halogens is 3. The summed E-state index contributed by atoms with van der Waals surface area (Å²) in [5.74, 6) is 0. The fraction of sp³-hybridized carbons (Fsp3) is 0. The van der Waals surface area contributed by atoms with Gasteiger partial charge in [0.15, 0.2) is 0 Å². The number of benzene rings is 2. The van der Waals surface area contributed by atoms with Crippen molar-refractivity contribution in [3.05, 3.63) is 50.9 Å². The van der Waals surface area contributed by atoms with Gasteiger partial charge in [0.1, 0.15) is 0 Å². The molecule has 88 valence electrons. The topological polar surface area (TPSA) is 38.0 Å². The number of hydrogen-bond acceptors (Lipinski definition) is 2. The molecule has 0 aliphatic carbocycles. The van der Waals surface area contributed by atoms with Crippen molar-refractivity contribution in [3.8, 4) is 0 Å². The molecule has 0 radical (unpaired) electrons. The van der Waals surface area contributed by atoms with Crippen molar-refractivity contribution in [2.24, 2.45) is 0 Å². The maximum absolute atomic E-state index is 6.08. The number of nitrogens with one attached hydrogen (secondary N) is 1. The molecule has 2 nitrogen and oxygen atoms in total. The average Bonchev–Trinajstić information content (AvgIpc) is 2.25. The Balaban J connectivity index is 2.31. The van der Waals surface area contributed by atoms with Gasteiger partial charge in [0.05, 0.1) is 16.4 Å². The molecule has 0 fully saturated rings. The molecule has 0 heterocycles. The molecule has 0 aliphatic rings. The van der Waals surface area contributed by atoms with Gasteiger partial charge in [-0.1, -0.05) is 23.2 Å². The summed E-state index contributed by atoms with van der Waals surface area (Å²) in [7, 11) is 0. The fourth-order valence-corrected chi connectivity index (χ4v) is 2.39. The predicted molar refractivity (Wildman–Crippen MR) is 78.3 cm³/mol. The van der Waals surface area contributed by atoms with Crippen LogP contribution in [0.3, 0.4) is 0 Å². The van der Waals surface area contributed by atoms with Crippen LogP contribution in [-0.2, 0) is 0 Å². The molecule has 3 N–H and O–H groups in total. The molecule has 0 aliphatic heterocycles. The lowest BCUT2D eigenvalue weighted by molar-refractivity contribution is 1.52. The first-order chi connectivity index (χ1) is 8.06. The van der Waals surface area contributed by atoms with Crippen molar-refractivity contribution in [2.45, 2.75) is 0 Å². The van der Waals surface area contributed by atoms with Crippen LogP contribution in [0.5, 0.6) is 0 Å². The summed E-state index contributed by atoms with van der Waals surface area (Å²) in [6.45, 7) is 0. The van der Waals surface area contributed by atoms with Crippen LogP contribution in [0.15, 0.2) is 40.9 Å². The van der Waals surface area contributed by atoms with Crippen LogP contribution in [0.4, 0.5) is 17.1 Å². The van der Waals surface area contributed by atoms with E-state index in [1.54, 1.807) is 18.2 Å². The lowest BCUT2D eigenvalue weighted by Gasteiger charge is -2.10. The highest BCUT2D eigenvalue weighted by atomic mass is 79.9. The first-order valence-corrected chi connectivity index (χ1v) is 6.38. The number of rotatable bonds is 2. The number of nitrogens with two attached hydrogens (primary N) is 1. The summed E-state index contributed by atoms with van der Waals surface area (Å²) in [6, 6.07) is 10.8. The van der Waals surface area contributed by atoms with Crippen molar-refractivity contribution < 1.29 is 0 Å². The van der Waals surface area contributed by atoms with Gasteiger partial charge in [-0.2, -0.15) is 0 Å². The third-order valence-corrected chi connectivity index (χ3v) is 3.40. The number of nitrogen functional groups attached to an aromatic ring is 1. The van der Waals surface area contributed by atoms with E-state index < -0.39 is 0 Å². The van der Waals surface area contributed by atoms with Crippen LogP contribution < -0.4 is 11.1 Å². The smallest absolute Gasteiger partial charge is 0.0661 e. The van der Waals surface area contributed by atoms with Crippen LogP contribution in [0, 0.1) is 0 Å². The fourth-order valence-electron chi connectivity index (χ4n) is 1.37. The highest BCUT2D eigenvalue weighted by Crippen LogP contribution is 2.32. The molecular formula is C12H9BrCl2N2. The van der Waals surface area contributed by atoms with E-state index in [0.717, 1.165) is 15.8 Å². The average molecular weight is 332 g/mol. The van der Waals surface area contributed by atoms with Gasteiger partial charge in [-0.15, -0.1) is 0 Å². The van der Waals surface area contributed by atoms with E-state index in [1.165, 1.54) is 0 Å². The molecule has 0 unspecified atom stereocenters. The predicted octanol–water partition coefficient (Wildman–Crippen LogP) is 5.08. The highest BCUT2D eigenvalue weighted by Gasteiger charge is 2.04. The Kier molecular flexibility index (Phi) is 3.82. The Bertz CT molecular complexity index is 509. The van der Waals surface area contributed by atoms with Gasteiger partial charge < -0.3 is 11.1 Å². The van der Waals surface area contributed by atoms with Gasteiger partial charge in [-0.25, -0.2) is 0 Å². The second kappa shape index (κ2) is 5.17. The van der Waals surface area contributed by atoms with Crippen molar-refractivity contribution in [1.29, 1.82) is 0 Å². The summed E-state index contributed by atoms with van der Waals surface area (Å²) >= 11 is 15.4. The van der Waals surface area contributed by atoms with Crippen molar-refractivity contribution in [3.63, 3.8) is 0 Å². The quantitative estimate of drug-likeness (QED) is 0.753. The zero-order valence-electron chi connectivity index (χ0n) is 8.68. The molecule has 0 spiro atoms. The maximum Gasteiger partial charge on any atom is 0.0661 e. The van der Waals surface area contributed by atoms with Gasteiger partial charge >= 0.3 is 0 Å². The van der Waals surface area contributed by atoms with Crippen molar-refractivity contribution in [2.75, 3.05) is 11.1 Å². The molecule has 0 atom stereocenters. The number of hydrogen-bond donors (Lipinski definition) is 2. The molecular weight excluding hydrogens is 323 g/mol. The Labute approximate surface area is 118 Å². The van der Waals surface area contributed by atoms with E-state index in [9.17, 15) is 0 Å². The number of anilines is 3. The Morgan fingerprint density at radius 3 is 2.35 bits per heavy atom. The zero-order valence-corrected chi connectivity index (χ0v) is 11.8. The Hall–Kier alpha value is -0.900. The van der Waals surface area contributed by atoms with E-state index in [4.69, 9.17) is 28.9 Å². The van der Waals surface area contributed by atoms with Gasteiger partial charge in [-0.3, -0.25) is 0 Å². The van der Waals surface area contributed by atoms with Crippen LogP contribution >= 0.6 is 39.1 Å². The third-order valence-electron chi connectivity index (χ3n) is 2.19. The summed E-state index contributed by atoms with van der Waals surface area (Å²) < 4.78 is 0.873. The van der Waals surface area contributed by atoms with Crippen LogP contribution in [0.1, 0.15) is 0 Å². The second-order valence-corrected chi connectivity index (χ2v) is 5.19. The minimum atomic E-state index is 0.576. The molecule has 0 saturated carbocycles. The van der Waals surface area contributed by atoms with Gasteiger partial charge in [0.2, 0.25) is 0 Å². The largest absolute Gasteiger partial charge is 0.399 e. The van der Waals surface area contributed by atoms with Gasteiger partial charge in [-0.05, 0) is 52.3 Å². The Morgan fingerprint density at radius 1 is 1.00 bits per heavy atom. The third kappa shape index (κ3) is 3.06. The standard InChI is InChI=1S/C12H9BrCl2N2/c13-9-5-7(14)1-3-11(9)17-12-4-2-8(16)6-10(12)15/h1-6,17H,16H2. The molecule has 0 bridgehead atoms. The van der Waals surface area contributed by atoms with Gasteiger partial charge in [0.25, 0.3) is 0 Å². The maximum atomic E-state index is 6.08. The van der Waals surface area contributed by atoms with E-state index in [-0.39, 0.29) is 0 Å². The minimum absolute atomic E-state index is 0.576. The summed E-state index contributed by atoms with van der Waals surface area (Å²) in [4.78, 5) is 0. The molecule has 0 amide bonds. The first kappa shape index (κ1) is 12.6. The molecule has 2 aromatic carbocycles. The van der Waals surface area contributed by atoms with Crippen LogP contribution in [-0.4, -0.2) is 0 Å². The highest BCUT2D eigenvalue weighted by molar-refractivity contribution is 9.10. The van der Waals surface area contributed by atoms with Crippen LogP contribution in [0.2, 0.25) is 10.0 Å². The van der Waals surface area contributed by atoms with E-state index in [1.807, 2.05) is 18.2 Å². The Morgan fingerprint density at radius 2 is 1.71 bits per heavy atom. The first-order valence-electron chi connectivity index (χ1n) is 4.83. The molecule has 5 heteroatoms. The summed E-state index contributed by atoms with van der Waals surface area (Å²) in [5, 5.41) is 4.45. The van der Waals surface area contributed by atoms with E-state index in [0.29, 0.717) is 15.7 Å². The molecule has 0 saturated heterocycles. The van der Waals surface area contributed by atoms with Crippen molar-refractivity contribution in [1.82, 2.24) is 0 Å². The zero-order chi connectivity index (χ0) is 12.4. The molecule has 2 rings (SSSR count). The second-order valence-electron chi connectivity index (χ2n) is 3.49. The molecule has 17 heavy (non-hydrogen) atoms. The SMILES string of the molecule is Nc1ccc(Nc2ccc(Cl)cc2Br)c(Cl)c1. The minimum Gasteiger partial charge on any atom is -0.399 e. The lowest BCUT2D eigenvalue weighted by Crippen LogP contribution is -1.93. The monoisotopic (exact) mass is 330 g/mol. The molecule has 0 aromatic heterocycles. The summed E-state index contributed by atoms with van der Waals surface area (Å²) in [6.07, 6.45) is 0. The molecule has 2 aromatic rings. The summed E-state index contributed by atoms with van der Waals surface area (Å²) in [5.41, 5.74) is 7.95. The van der Waals surface area contributed by atoms with E-state index in [2.05, 4.69) is 21.2 Å². The normalized spacial score (nSPS) is 10.3. The lowest BCUT2D eigenvalue weighted by atomic mass is 10.2.